The third-order valence-electron chi connectivity index (χ3n) is 6.12. The minimum absolute atomic E-state index is 0.502. The first-order valence-electron chi connectivity index (χ1n) is 11.1. The normalized spacial score (nSPS) is 16.5. The SMILES string of the molecule is OC(c1nc2ccccn2c1-c1ccccc1)N1CCCN(c2ccc(C(F)(F)F)cn2)CC1. The molecule has 1 fully saturated rings. The molecule has 1 aliphatic heterocycles. The van der Waals surface area contributed by atoms with Crippen LogP contribution in [0.5, 0.6) is 0 Å². The van der Waals surface area contributed by atoms with Gasteiger partial charge in [-0.2, -0.15) is 13.2 Å². The number of rotatable bonds is 4. The van der Waals surface area contributed by atoms with Crippen LogP contribution in [0.3, 0.4) is 0 Å². The van der Waals surface area contributed by atoms with Crippen molar-refractivity contribution in [3.63, 3.8) is 0 Å². The average Bonchev–Trinajstić information content (AvgIpc) is 3.06. The van der Waals surface area contributed by atoms with E-state index in [-0.39, 0.29) is 0 Å². The van der Waals surface area contributed by atoms with E-state index in [1.165, 1.54) is 6.07 Å². The number of aliphatic hydroxyl groups is 1. The Morgan fingerprint density at radius 1 is 0.882 bits per heavy atom. The fraction of sp³-hybridized carbons (Fsp3) is 0.280. The molecule has 0 bridgehead atoms. The lowest BCUT2D eigenvalue weighted by molar-refractivity contribution is -0.137. The zero-order chi connectivity index (χ0) is 23.7. The van der Waals surface area contributed by atoms with Gasteiger partial charge in [-0.15, -0.1) is 0 Å². The molecule has 4 heterocycles. The number of benzene rings is 1. The Bertz CT molecular complexity index is 1260. The zero-order valence-corrected chi connectivity index (χ0v) is 18.4. The number of hydrogen-bond acceptors (Lipinski definition) is 5. The molecule has 1 atom stereocenters. The van der Waals surface area contributed by atoms with Gasteiger partial charge in [0.15, 0.2) is 6.23 Å². The summed E-state index contributed by atoms with van der Waals surface area (Å²) in [7, 11) is 0. The molecular formula is C25H24F3N5O. The van der Waals surface area contributed by atoms with Gasteiger partial charge in [-0.05, 0) is 30.7 Å². The van der Waals surface area contributed by atoms with Gasteiger partial charge in [0.05, 0.1) is 11.3 Å². The summed E-state index contributed by atoms with van der Waals surface area (Å²) in [6.45, 7) is 2.31. The second kappa shape index (κ2) is 9.08. The van der Waals surface area contributed by atoms with Crippen LogP contribution in [0.1, 0.15) is 23.9 Å². The van der Waals surface area contributed by atoms with E-state index in [4.69, 9.17) is 4.98 Å². The molecule has 3 aromatic heterocycles. The third kappa shape index (κ3) is 4.36. The summed E-state index contributed by atoms with van der Waals surface area (Å²) in [6, 6.07) is 18.0. The molecule has 0 aliphatic carbocycles. The van der Waals surface area contributed by atoms with Crippen molar-refractivity contribution < 1.29 is 18.3 Å². The standard InChI is InChI=1S/C25H24F3N5O/c26-25(27,28)19-10-11-20(29-17-19)31-12-6-13-32(16-15-31)24(34)22-23(18-7-2-1-3-8-18)33-14-5-4-9-21(33)30-22/h1-5,7-11,14,17,24,34H,6,12-13,15-16H2. The van der Waals surface area contributed by atoms with E-state index in [1.807, 2.05) is 68.9 Å². The summed E-state index contributed by atoms with van der Waals surface area (Å²) in [5.41, 5.74) is 2.37. The largest absolute Gasteiger partial charge is 0.417 e. The molecule has 1 aromatic carbocycles. The molecule has 0 amide bonds. The quantitative estimate of drug-likeness (QED) is 0.475. The van der Waals surface area contributed by atoms with Crippen LogP contribution in [-0.4, -0.2) is 50.6 Å². The monoisotopic (exact) mass is 467 g/mol. The number of imidazole rings is 1. The molecule has 9 heteroatoms. The molecule has 6 nitrogen and oxygen atoms in total. The molecule has 34 heavy (non-hydrogen) atoms. The Morgan fingerprint density at radius 3 is 2.41 bits per heavy atom. The predicted octanol–water partition coefficient (Wildman–Crippen LogP) is 4.62. The van der Waals surface area contributed by atoms with Gasteiger partial charge in [-0.25, -0.2) is 9.97 Å². The summed E-state index contributed by atoms with van der Waals surface area (Å²) in [6.07, 6.45) is -1.80. The molecule has 176 valence electrons. The van der Waals surface area contributed by atoms with Gasteiger partial charge in [0, 0.05) is 44.1 Å². The van der Waals surface area contributed by atoms with Crippen molar-refractivity contribution in [2.75, 3.05) is 31.1 Å². The minimum Gasteiger partial charge on any atom is -0.372 e. The molecule has 1 aliphatic rings. The molecule has 4 aromatic rings. The second-order valence-corrected chi connectivity index (χ2v) is 8.29. The van der Waals surface area contributed by atoms with Gasteiger partial charge in [-0.1, -0.05) is 36.4 Å². The smallest absolute Gasteiger partial charge is 0.372 e. The lowest BCUT2D eigenvalue weighted by atomic mass is 10.1. The predicted molar refractivity (Wildman–Crippen MR) is 123 cm³/mol. The van der Waals surface area contributed by atoms with E-state index in [0.717, 1.165) is 35.6 Å². The highest BCUT2D eigenvalue weighted by molar-refractivity contribution is 5.67. The van der Waals surface area contributed by atoms with Gasteiger partial charge in [-0.3, -0.25) is 9.30 Å². The molecule has 1 unspecified atom stereocenters. The Labute approximate surface area is 194 Å². The van der Waals surface area contributed by atoms with Crippen LogP contribution >= 0.6 is 0 Å². The highest BCUT2D eigenvalue weighted by Gasteiger charge is 2.31. The lowest BCUT2D eigenvalue weighted by Gasteiger charge is -2.26. The number of anilines is 1. The van der Waals surface area contributed by atoms with Gasteiger partial charge >= 0.3 is 6.18 Å². The number of hydrogen-bond donors (Lipinski definition) is 1. The second-order valence-electron chi connectivity index (χ2n) is 8.29. The number of aromatic nitrogens is 3. The van der Waals surface area contributed by atoms with Crippen LogP contribution < -0.4 is 4.90 Å². The minimum atomic E-state index is -4.41. The van der Waals surface area contributed by atoms with Gasteiger partial charge in [0.25, 0.3) is 0 Å². The molecule has 1 N–H and O–H groups in total. The topological polar surface area (TPSA) is 56.9 Å². The summed E-state index contributed by atoms with van der Waals surface area (Å²) >= 11 is 0. The van der Waals surface area contributed by atoms with E-state index in [1.54, 1.807) is 0 Å². The maximum atomic E-state index is 12.9. The van der Waals surface area contributed by atoms with Crippen molar-refractivity contribution in [3.05, 3.63) is 84.3 Å². The average molecular weight is 467 g/mol. The highest BCUT2D eigenvalue weighted by Crippen LogP contribution is 2.32. The number of nitrogens with zero attached hydrogens (tertiary/aromatic N) is 5. The van der Waals surface area contributed by atoms with Crippen LogP contribution in [0.4, 0.5) is 19.0 Å². The molecule has 0 radical (unpaired) electrons. The number of halogens is 3. The Kier molecular flexibility index (Phi) is 5.97. The van der Waals surface area contributed by atoms with Crippen LogP contribution in [0.25, 0.3) is 16.9 Å². The first-order chi connectivity index (χ1) is 16.4. The fourth-order valence-electron chi connectivity index (χ4n) is 4.40. The number of alkyl halides is 3. The van der Waals surface area contributed by atoms with Crippen LogP contribution in [-0.2, 0) is 6.18 Å². The molecular weight excluding hydrogens is 443 g/mol. The van der Waals surface area contributed by atoms with Crippen molar-refractivity contribution in [2.45, 2.75) is 18.8 Å². The van der Waals surface area contributed by atoms with Crippen molar-refractivity contribution in [2.24, 2.45) is 0 Å². The van der Waals surface area contributed by atoms with E-state index < -0.39 is 18.0 Å². The van der Waals surface area contributed by atoms with Crippen LogP contribution in [0, 0.1) is 0 Å². The molecule has 0 saturated carbocycles. The molecule has 5 rings (SSSR count). The van der Waals surface area contributed by atoms with E-state index in [2.05, 4.69) is 4.98 Å². The Morgan fingerprint density at radius 2 is 1.68 bits per heavy atom. The zero-order valence-electron chi connectivity index (χ0n) is 18.4. The fourth-order valence-corrected chi connectivity index (χ4v) is 4.40. The number of aliphatic hydroxyl groups excluding tert-OH is 1. The van der Waals surface area contributed by atoms with Crippen molar-refractivity contribution in [3.8, 4) is 11.3 Å². The summed E-state index contributed by atoms with van der Waals surface area (Å²) in [5.74, 6) is 0.502. The van der Waals surface area contributed by atoms with E-state index >= 15 is 0 Å². The maximum absolute atomic E-state index is 12.9. The van der Waals surface area contributed by atoms with Crippen molar-refractivity contribution in [1.29, 1.82) is 0 Å². The summed E-state index contributed by atoms with van der Waals surface area (Å²) in [5, 5.41) is 11.4. The van der Waals surface area contributed by atoms with Gasteiger partial charge in [0.2, 0.25) is 0 Å². The summed E-state index contributed by atoms with van der Waals surface area (Å²) in [4.78, 5) is 12.7. The first kappa shape index (κ1) is 22.4. The Hall–Kier alpha value is -3.43. The maximum Gasteiger partial charge on any atom is 0.417 e. The van der Waals surface area contributed by atoms with Crippen molar-refractivity contribution >= 4 is 11.5 Å². The summed E-state index contributed by atoms with van der Waals surface area (Å²) < 4.78 is 40.6. The lowest BCUT2D eigenvalue weighted by Crippen LogP contribution is -2.34. The first-order valence-corrected chi connectivity index (χ1v) is 11.1. The number of fused-ring (bicyclic) bond motifs is 1. The Balaban J connectivity index is 1.39. The van der Waals surface area contributed by atoms with Crippen molar-refractivity contribution in [1.82, 2.24) is 19.3 Å². The molecule has 0 spiro atoms. The van der Waals surface area contributed by atoms with Gasteiger partial charge in [0.1, 0.15) is 17.2 Å². The third-order valence-corrected chi connectivity index (χ3v) is 6.12. The van der Waals surface area contributed by atoms with Crippen LogP contribution in [0.15, 0.2) is 73.1 Å². The molecule has 1 saturated heterocycles. The number of pyridine rings is 2. The van der Waals surface area contributed by atoms with E-state index in [9.17, 15) is 18.3 Å². The van der Waals surface area contributed by atoms with Crippen LogP contribution in [0.2, 0.25) is 0 Å². The van der Waals surface area contributed by atoms with E-state index in [0.29, 0.717) is 37.7 Å². The highest BCUT2D eigenvalue weighted by atomic mass is 19.4. The van der Waals surface area contributed by atoms with Gasteiger partial charge < -0.3 is 10.0 Å².